The van der Waals surface area contributed by atoms with E-state index in [-0.39, 0.29) is 22.2 Å². The van der Waals surface area contributed by atoms with Crippen LogP contribution in [0.1, 0.15) is 94.8 Å². The standard InChI is InChI=1S/C30H42N2O4S/c1-19-3-5-25(21-9-13-35-15-21)31-23(19)7-11-29(27(31)33)17-30(37-18-29)12-8-24-20(2)4-6-26(32(24)28(30)34)22-10-14-36-16-22/h9-10,13-16,19-20,23-28,33-34H,3-8,11-12,17-18H2,1-2H3/t19-,20-,23+,24+,25+,26+,27-,28-,29-,30-/m1/s1. The van der Waals surface area contributed by atoms with Crippen LogP contribution in [0.15, 0.2) is 46.0 Å². The zero-order chi connectivity index (χ0) is 25.4. The Hall–Kier alpha value is -1.25. The molecule has 5 saturated heterocycles. The van der Waals surface area contributed by atoms with E-state index in [4.69, 9.17) is 8.83 Å². The van der Waals surface area contributed by atoms with Crippen LogP contribution in [-0.2, 0) is 0 Å². The first-order valence-electron chi connectivity index (χ1n) is 14.5. The molecule has 0 unspecified atom stereocenters. The van der Waals surface area contributed by atoms with Gasteiger partial charge < -0.3 is 19.0 Å². The maximum absolute atomic E-state index is 12.2. The van der Waals surface area contributed by atoms with Crippen molar-refractivity contribution >= 4 is 11.8 Å². The van der Waals surface area contributed by atoms with Gasteiger partial charge in [-0.1, -0.05) is 13.8 Å². The molecule has 5 fully saturated rings. The van der Waals surface area contributed by atoms with Gasteiger partial charge in [0.1, 0.15) is 12.5 Å². The average molecular weight is 527 g/mol. The van der Waals surface area contributed by atoms with E-state index in [0.29, 0.717) is 23.9 Å². The number of thioether (sulfide) groups is 1. The van der Waals surface area contributed by atoms with Crippen molar-refractivity contribution in [3.8, 4) is 0 Å². The summed E-state index contributed by atoms with van der Waals surface area (Å²) in [6.45, 7) is 4.72. The Balaban J connectivity index is 1.18. The van der Waals surface area contributed by atoms with Crippen LogP contribution in [0.3, 0.4) is 0 Å². The predicted octanol–water partition coefficient (Wildman–Crippen LogP) is 5.94. The van der Waals surface area contributed by atoms with Crippen molar-refractivity contribution in [2.75, 3.05) is 5.75 Å². The molecule has 2 spiro atoms. The van der Waals surface area contributed by atoms with Crippen LogP contribution in [0, 0.1) is 17.3 Å². The first-order chi connectivity index (χ1) is 17.9. The summed E-state index contributed by atoms with van der Waals surface area (Å²) in [5, 5.41) is 24.4. The summed E-state index contributed by atoms with van der Waals surface area (Å²) in [4.78, 5) is 4.90. The van der Waals surface area contributed by atoms with E-state index in [1.165, 1.54) is 24.0 Å². The Labute approximate surface area is 224 Å². The molecule has 5 aliphatic rings. The first-order valence-corrected chi connectivity index (χ1v) is 15.5. The maximum Gasteiger partial charge on any atom is 0.122 e. The van der Waals surface area contributed by atoms with Crippen molar-refractivity contribution in [3.05, 3.63) is 48.3 Å². The number of aliphatic hydroxyl groups excluding tert-OH is 2. The molecule has 0 aromatic carbocycles. The molecule has 7 rings (SSSR count). The molecular weight excluding hydrogens is 484 g/mol. The average Bonchev–Trinajstić information content (AvgIpc) is 3.68. The van der Waals surface area contributed by atoms with E-state index in [0.717, 1.165) is 50.7 Å². The summed E-state index contributed by atoms with van der Waals surface area (Å²) in [7, 11) is 0. The first kappa shape index (κ1) is 24.8. The predicted molar refractivity (Wildman–Crippen MR) is 144 cm³/mol. The highest BCUT2D eigenvalue weighted by Gasteiger charge is 2.63. The molecule has 2 N–H and O–H groups in total. The molecule has 7 heterocycles. The largest absolute Gasteiger partial charge is 0.472 e. The van der Waals surface area contributed by atoms with Crippen molar-refractivity contribution < 1.29 is 19.0 Å². The fraction of sp³-hybridized carbons (Fsp3) is 0.733. The van der Waals surface area contributed by atoms with Crippen LogP contribution in [0.4, 0.5) is 0 Å². The summed E-state index contributed by atoms with van der Waals surface area (Å²) in [5.41, 5.74) is 2.20. The monoisotopic (exact) mass is 526 g/mol. The quantitative estimate of drug-likeness (QED) is 0.501. The molecule has 0 saturated carbocycles. The highest BCUT2D eigenvalue weighted by molar-refractivity contribution is 8.01. The molecule has 0 amide bonds. The number of hydrogen-bond acceptors (Lipinski definition) is 7. The minimum absolute atomic E-state index is 0.180. The number of aliphatic hydroxyl groups is 2. The Morgan fingerprint density at radius 1 is 0.784 bits per heavy atom. The summed E-state index contributed by atoms with van der Waals surface area (Å²) >= 11 is 1.96. The smallest absolute Gasteiger partial charge is 0.122 e. The number of rotatable bonds is 2. The number of nitrogens with zero attached hydrogens (tertiary/aromatic N) is 2. The second-order valence-corrected chi connectivity index (χ2v) is 14.4. The molecule has 2 aromatic heterocycles. The number of fused-ring (bicyclic) bond motifs is 2. The van der Waals surface area contributed by atoms with Crippen LogP contribution in [0.5, 0.6) is 0 Å². The van der Waals surface area contributed by atoms with Crippen molar-refractivity contribution in [2.24, 2.45) is 17.3 Å². The molecule has 5 aliphatic heterocycles. The van der Waals surface area contributed by atoms with E-state index < -0.39 is 12.5 Å². The fourth-order valence-corrected chi connectivity index (χ4v) is 11.0. The van der Waals surface area contributed by atoms with Gasteiger partial charge in [0.25, 0.3) is 0 Å². The zero-order valence-corrected chi connectivity index (χ0v) is 23.0. The van der Waals surface area contributed by atoms with Crippen LogP contribution < -0.4 is 0 Å². The molecule has 0 aliphatic carbocycles. The number of hydrogen-bond donors (Lipinski definition) is 2. The van der Waals surface area contributed by atoms with Gasteiger partial charge in [-0.05, 0) is 81.8 Å². The molecule has 2 aromatic rings. The summed E-state index contributed by atoms with van der Waals surface area (Å²) in [5.74, 6) is 2.10. The molecule has 37 heavy (non-hydrogen) atoms. The third kappa shape index (κ3) is 3.75. The van der Waals surface area contributed by atoms with Crippen molar-refractivity contribution in [1.29, 1.82) is 0 Å². The molecule has 7 heteroatoms. The Bertz CT molecular complexity index is 993. The lowest BCUT2D eigenvalue weighted by molar-refractivity contribution is -0.191. The maximum atomic E-state index is 12.2. The number of furan rings is 2. The number of piperidine rings is 4. The van der Waals surface area contributed by atoms with Gasteiger partial charge in [-0.25, -0.2) is 0 Å². The van der Waals surface area contributed by atoms with Gasteiger partial charge in [-0.3, -0.25) is 9.80 Å². The van der Waals surface area contributed by atoms with Crippen LogP contribution in [0.25, 0.3) is 0 Å². The van der Waals surface area contributed by atoms with E-state index >= 15 is 0 Å². The summed E-state index contributed by atoms with van der Waals surface area (Å²) in [6, 6.07) is 5.38. The van der Waals surface area contributed by atoms with E-state index in [1.54, 1.807) is 12.5 Å². The minimum Gasteiger partial charge on any atom is -0.472 e. The van der Waals surface area contributed by atoms with Crippen LogP contribution >= 0.6 is 11.8 Å². The van der Waals surface area contributed by atoms with E-state index in [9.17, 15) is 10.2 Å². The van der Waals surface area contributed by atoms with Gasteiger partial charge in [-0.2, -0.15) is 11.8 Å². The van der Waals surface area contributed by atoms with Gasteiger partial charge >= 0.3 is 0 Å². The third-order valence-electron chi connectivity index (χ3n) is 11.1. The van der Waals surface area contributed by atoms with Gasteiger partial charge in [0, 0.05) is 46.5 Å². The Morgan fingerprint density at radius 2 is 1.35 bits per heavy atom. The van der Waals surface area contributed by atoms with Gasteiger partial charge in [0.15, 0.2) is 0 Å². The summed E-state index contributed by atoms with van der Waals surface area (Å²) in [6.07, 6.45) is 16.0. The van der Waals surface area contributed by atoms with Gasteiger partial charge in [-0.15, -0.1) is 0 Å². The second kappa shape index (κ2) is 9.16. The highest BCUT2D eigenvalue weighted by Crippen LogP contribution is 2.63. The molecular formula is C30H42N2O4S. The van der Waals surface area contributed by atoms with Crippen LogP contribution in [0.2, 0.25) is 0 Å². The molecule has 6 nitrogen and oxygen atoms in total. The molecule has 10 atom stereocenters. The van der Waals surface area contributed by atoms with Crippen molar-refractivity contribution in [3.63, 3.8) is 0 Å². The lowest BCUT2D eigenvalue weighted by Crippen LogP contribution is -2.64. The Kier molecular flexibility index (Phi) is 6.13. The lowest BCUT2D eigenvalue weighted by atomic mass is 9.65. The normalized spacial score (nSPS) is 46.8. The molecule has 0 bridgehead atoms. The fourth-order valence-electron chi connectivity index (χ4n) is 9.06. The lowest BCUT2D eigenvalue weighted by Gasteiger charge is -2.58. The molecule has 0 radical (unpaired) electrons. The SMILES string of the molecule is C[C@@H]1CC[C@@H](c2ccoc2)N2[C@H]1CC[C@@]1(CS[C@]3(CC[C@H]4[C@H](C)CC[C@@H](c5ccoc5)N4[C@@H]3O)C1)[C@H]2O. The third-order valence-corrected chi connectivity index (χ3v) is 13.0. The van der Waals surface area contributed by atoms with Crippen molar-refractivity contribution in [2.45, 2.75) is 113 Å². The topological polar surface area (TPSA) is 73.2 Å². The Morgan fingerprint density at radius 3 is 1.92 bits per heavy atom. The zero-order valence-electron chi connectivity index (χ0n) is 22.2. The van der Waals surface area contributed by atoms with E-state index in [1.807, 2.05) is 24.3 Å². The van der Waals surface area contributed by atoms with Gasteiger partial charge in [0.2, 0.25) is 0 Å². The minimum atomic E-state index is -0.506. The van der Waals surface area contributed by atoms with E-state index in [2.05, 4.69) is 35.8 Å². The van der Waals surface area contributed by atoms with Crippen molar-refractivity contribution in [1.82, 2.24) is 9.80 Å². The van der Waals surface area contributed by atoms with Gasteiger partial charge in [0.05, 0.1) is 29.8 Å². The summed E-state index contributed by atoms with van der Waals surface area (Å²) < 4.78 is 10.7. The highest BCUT2D eigenvalue weighted by atomic mass is 32.2. The van der Waals surface area contributed by atoms with Crippen LogP contribution in [-0.4, -0.2) is 55.1 Å². The second-order valence-electron chi connectivity index (χ2n) is 13.0. The molecule has 202 valence electrons.